The fourth-order valence-corrected chi connectivity index (χ4v) is 8.23. The molecule has 1 unspecified atom stereocenters. The third-order valence-electron chi connectivity index (χ3n) is 10.8. The van der Waals surface area contributed by atoms with Gasteiger partial charge in [0.05, 0.1) is 43.3 Å². The summed E-state index contributed by atoms with van der Waals surface area (Å²) in [5.74, 6) is -0.367. The number of ether oxygens (including phenoxy) is 2. The Kier molecular flexibility index (Phi) is 17.2. The molecule has 5 N–H and O–H groups in total. The van der Waals surface area contributed by atoms with Gasteiger partial charge in [-0.15, -0.1) is 0 Å². The molecule has 2 aromatic heterocycles. The maximum absolute atomic E-state index is 14.2. The van der Waals surface area contributed by atoms with Crippen LogP contribution in [0.4, 0.5) is 10.2 Å². The lowest BCUT2D eigenvalue weighted by Crippen LogP contribution is -2.44. The highest BCUT2D eigenvalue weighted by atomic mass is 31.2. The first-order chi connectivity index (χ1) is 27.9. The van der Waals surface area contributed by atoms with Crippen molar-refractivity contribution in [2.45, 2.75) is 140 Å². The van der Waals surface area contributed by atoms with Gasteiger partial charge in [-0.2, -0.15) is 10.4 Å². The predicted octanol–water partition coefficient (Wildman–Crippen LogP) is 8.08. The monoisotopic (exact) mass is 823 g/mol. The number of hydrogen-bond acceptors (Lipinski definition) is 11. The van der Waals surface area contributed by atoms with E-state index in [-0.39, 0.29) is 24.6 Å². The number of anilines is 1. The Bertz CT molecular complexity index is 1980. The number of phosphoric acid groups is 1. The molecule has 316 valence electrons. The number of aromatic nitrogens is 3. The number of aryl methyl sites for hydroxylation is 1. The van der Waals surface area contributed by atoms with Crippen LogP contribution in [0.25, 0.3) is 5.52 Å². The molecule has 13 nitrogen and oxygen atoms in total. The number of phosphoric ester groups is 1. The summed E-state index contributed by atoms with van der Waals surface area (Å²) >= 11 is 0. The van der Waals surface area contributed by atoms with Gasteiger partial charge in [0.25, 0.3) is 0 Å². The summed E-state index contributed by atoms with van der Waals surface area (Å²) in [6.07, 6.45) is 13.3. The van der Waals surface area contributed by atoms with Crippen LogP contribution in [0.1, 0.15) is 125 Å². The first-order valence-corrected chi connectivity index (χ1v) is 22.0. The molecule has 0 bridgehead atoms. The summed E-state index contributed by atoms with van der Waals surface area (Å²) in [6.45, 7) is 2.62. The smallest absolute Gasteiger partial charge is 0.387 e. The summed E-state index contributed by atoms with van der Waals surface area (Å²) in [5.41, 5.74) is 7.87. The molecule has 0 saturated carbocycles. The molecule has 0 amide bonds. The largest absolute Gasteiger partial charge is 0.472 e. The van der Waals surface area contributed by atoms with E-state index in [1.165, 1.54) is 106 Å². The van der Waals surface area contributed by atoms with Crippen molar-refractivity contribution in [3.05, 3.63) is 94.7 Å². The highest BCUT2D eigenvalue weighted by molar-refractivity contribution is 7.47. The number of aliphatic hydroxyl groups excluding tert-OH is 2. The fraction of sp³-hybridized carbons (Fsp3) is 0.558. The Labute approximate surface area is 340 Å². The summed E-state index contributed by atoms with van der Waals surface area (Å²) in [7, 11) is -4.77. The van der Waals surface area contributed by atoms with Gasteiger partial charge in [-0.1, -0.05) is 102 Å². The van der Waals surface area contributed by atoms with E-state index >= 15 is 0 Å². The second kappa shape index (κ2) is 22.0. The van der Waals surface area contributed by atoms with Gasteiger partial charge in [0.2, 0.25) is 0 Å². The minimum atomic E-state index is -4.77. The van der Waals surface area contributed by atoms with Crippen molar-refractivity contribution >= 4 is 19.2 Å². The van der Waals surface area contributed by atoms with E-state index in [4.69, 9.17) is 24.3 Å². The van der Waals surface area contributed by atoms with Crippen LogP contribution in [-0.2, 0) is 42.5 Å². The van der Waals surface area contributed by atoms with Crippen LogP contribution in [-0.4, -0.2) is 66.8 Å². The molecule has 0 spiro atoms. The molecule has 4 aromatic rings. The fourth-order valence-electron chi connectivity index (χ4n) is 7.38. The highest BCUT2D eigenvalue weighted by Crippen LogP contribution is 2.48. The van der Waals surface area contributed by atoms with Gasteiger partial charge in [0.1, 0.15) is 41.6 Å². The second-order valence-electron chi connectivity index (χ2n) is 15.6. The average Bonchev–Trinajstić information content (AvgIpc) is 3.74. The van der Waals surface area contributed by atoms with Crippen LogP contribution < -0.4 is 5.73 Å². The molecule has 1 aliphatic rings. The summed E-state index contributed by atoms with van der Waals surface area (Å²) in [5, 5.41) is 35.4. The number of nitrogens with zero attached hydrogens (tertiary/aromatic N) is 4. The normalized spacial score (nSPS) is 20.9. The average molecular weight is 824 g/mol. The van der Waals surface area contributed by atoms with Crippen molar-refractivity contribution in [2.75, 3.05) is 18.9 Å². The molecule has 58 heavy (non-hydrogen) atoms. The number of rotatable bonds is 25. The van der Waals surface area contributed by atoms with Crippen molar-refractivity contribution in [3.8, 4) is 6.07 Å². The molecular weight excluding hydrogens is 764 g/mol. The molecule has 0 radical (unpaired) electrons. The van der Waals surface area contributed by atoms with Crippen LogP contribution >= 0.6 is 7.82 Å². The molecule has 6 atom stereocenters. The van der Waals surface area contributed by atoms with Crippen LogP contribution in [0.2, 0.25) is 0 Å². The number of fused-ring (bicyclic) bond motifs is 1. The zero-order valence-electron chi connectivity index (χ0n) is 33.7. The third-order valence-corrected chi connectivity index (χ3v) is 11.7. The molecule has 0 aliphatic carbocycles. The van der Waals surface area contributed by atoms with Crippen LogP contribution in [0.15, 0.2) is 60.9 Å². The van der Waals surface area contributed by atoms with E-state index < -0.39 is 50.3 Å². The van der Waals surface area contributed by atoms with E-state index in [2.05, 4.69) is 29.1 Å². The van der Waals surface area contributed by atoms with Crippen LogP contribution in [0.3, 0.4) is 0 Å². The van der Waals surface area contributed by atoms with Crippen molar-refractivity contribution in [1.29, 1.82) is 5.26 Å². The van der Waals surface area contributed by atoms with Gasteiger partial charge in [0, 0.05) is 6.42 Å². The Morgan fingerprint density at radius 2 is 1.60 bits per heavy atom. The van der Waals surface area contributed by atoms with Crippen LogP contribution in [0.5, 0.6) is 0 Å². The first kappa shape index (κ1) is 45.3. The maximum Gasteiger partial charge on any atom is 0.472 e. The number of nitrogen functional groups attached to an aromatic ring is 1. The number of unbranched alkanes of at least 4 members (excludes halogenated alkanes) is 11. The van der Waals surface area contributed by atoms with Crippen LogP contribution in [0, 0.1) is 17.1 Å². The van der Waals surface area contributed by atoms with E-state index in [9.17, 15) is 29.3 Å². The van der Waals surface area contributed by atoms with Crippen molar-refractivity contribution < 1.29 is 42.6 Å². The SMILES string of the molecule is CCCCCCCCCCCCCCc1ccc(C[C@H](COP(=O)(O)OC[C@@]2(C)O[C@@H](c3ccc4c(N)ncnn34)[C@H](O)[C@@H]2O)OCc2cc(F)cc(C#N)c2)cc1. The summed E-state index contributed by atoms with van der Waals surface area (Å²) in [4.78, 5) is 14.7. The maximum atomic E-state index is 14.2. The van der Waals surface area contributed by atoms with Gasteiger partial charge in [-0.05, 0) is 66.8 Å². The van der Waals surface area contributed by atoms with E-state index in [0.717, 1.165) is 24.5 Å². The summed E-state index contributed by atoms with van der Waals surface area (Å²) < 4.78 is 51.7. The molecule has 3 heterocycles. The van der Waals surface area contributed by atoms with Crippen molar-refractivity contribution in [2.24, 2.45) is 0 Å². The molecule has 1 saturated heterocycles. The summed E-state index contributed by atoms with van der Waals surface area (Å²) in [6, 6.07) is 17.2. The lowest BCUT2D eigenvalue weighted by molar-refractivity contribution is -0.101. The minimum absolute atomic E-state index is 0.0868. The second-order valence-corrected chi connectivity index (χ2v) is 17.0. The lowest BCUT2D eigenvalue weighted by atomic mass is 9.97. The highest BCUT2D eigenvalue weighted by Gasteiger charge is 2.53. The quantitative estimate of drug-likeness (QED) is 0.0371. The van der Waals surface area contributed by atoms with E-state index in [1.54, 1.807) is 12.1 Å². The third kappa shape index (κ3) is 13.1. The first-order valence-electron chi connectivity index (χ1n) is 20.5. The zero-order chi connectivity index (χ0) is 41.5. The van der Waals surface area contributed by atoms with Gasteiger partial charge in [-0.25, -0.2) is 18.5 Å². The van der Waals surface area contributed by atoms with Gasteiger partial charge in [-0.3, -0.25) is 9.05 Å². The van der Waals surface area contributed by atoms with E-state index in [0.29, 0.717) is 23.2 Å². The number of nitrogens with two attached hydrogens (primary N) is 1. The number of aliphatic hydroxyl groups is 2. The standard InChI is InChI=1S/C43H59FN5O8P/c1-3-4-5-6-7-8-9-10-11-12-13-14-15-31-16-18-32(19-17-31)25-36(54-27-34-22-33(26-45)23-35(44)24-34)28-55-58(52,53)56-29-43(2)41(51)39(50)40(57-43)37-20-21-38-42(46)47-30-48-49(37)38/h16-24,30,36,39-41,50-51H,3-15,25,27-29H2,1-2H3,(H,52,53)(H2,46,47,48)/t36-,39+,40+,41+,43-/m1/s1. The topological polar surface area (TPSA) is 195 Å². The molecule has 15 heteroatoms. The van der Waals surface area contributed by atoms with E-state index in [1.807, 2.05) is 18.2 Å². The molecule has 5 rings (SSSR count). The molecular formula is C43H59FN5O8P. The van der Waals surface area contributed by atoms with Crippen molar-refractivity contribution in [1.82, 2.24) is 14.6 Å². The zero-order valence-corrected chi connectivity index (χ0v) is 34.6. The van der Waals surface area contributed by atoms with Gasteiger partial charge in [0.15, 0.2) is 5.82 Å². The molecule has 2 aromatic carbocycles. The predicted molar refractivity (Wildman–Crippen MR) is 218 cm³/mol. The Morgan fingerprint density at radius 1 is 0.948 bits per heavy atom. The van der Waals surface area contributed by atoms with Gasteiger partial charge >= 0.3 is 7.82 Å². The van der Waals surface area contributed by atoms with Crippen molar-refractivity contribution in [3.63, 3.8) is 0 Å². The number of nitriles is 1. The Morgan fingerprint density at radius 3 is 2.28 bits per heavy atom. The molecule has 1 fully saturated rings. The van der Waals surface area contributed by atoms with Gasteiger partial charge < -0.3 is 30.3 Å². The lowest BCUT2D eigenvalue weighted by Gasteiger charge is -2.28. The Balaban J connectivity index is 1.13. The number of benzene rings is 2. The Hall–Kier alpha value is -3.77. The minimum Gasteiger partial charge on any atom is -0.387 e. The number of hydrogen-bond donors (Lipinski definition) is 4. The number of halogens is 1. The molecule has 1 aliphatic heterocycles.